The highest BCUT2D eigenvalue weighted by molar-refractivity contribution is 5.57. The zero-order valence-electron chi connectivity index (χ0n) is 6.10. The average molecular weight is 150 g/mol. The van der Waals surface area contributed by atoms with Gasteiger partial charge in [-0.1, -0.05) is 6.07 Å². The van der Waals surface area contributed by atoms with Crippen LogP contribution in [0.3, 0.4) is 0 Å². The van der Waals surface area contributed by atoms with Gasteiger partial charge in [0, 0.05) is 12.4 Å². The topological polar surface area (TPSA) is 56.0 Å². The van der Waals surface area contributed by atoms with Crippen molar-refractivity contribution in [2.45, 2.75) is 12.5 Å². The Hall–Kier alpha value is -1.22. The third kappa shape index (κ3) is 2.47. The van der Waals surface area contributed by atoms with Crippen molar-refractivity contribution in [2.75, 3.05) is 0 Å². The standard InChI is InChI=1S/C8H10N2O/c9-8(6-11)4-7-2-1-3-10-5-7/h1-3,5-6,8H,4,9H2/t8-/m0/s1. The fraction of sp³-hybridized carbons (Fsp3) is 0.250. The van der Waals surface area contributed by atoms with E-state index in [4.69, 9.17) is 5.73 Å². The Bertz CT molecular complexity index is 223. The van der Waals surface area contributed by atoms with Crippen LogP contribution < -0.4 is 5.73 Å². The van der Waals surface area contributed by atoms with Gasteiger partial charge in [-0.15, -0.1) is 0 Å². The van der Waals surface area contributed by atoms with Crippen molar-refractivity contribution >= 4 is 6.29 Å². The van der Waals surface area contributed by atoms with Crippen LogP contribution in [0.25, 0.3) is 0 Å². The summed E-state index contributed by atoms with van der Waals surface area (Å²) in [5.74, 6) is 0. The molecule has 0 bridgehead atoms. The molecule has 0 aliphatic carbocycles. The van der Waals surface area contributed by atoms with Gasteiger partial charge < -0.3 is 10.5 Å². The lowest BCUT2D eigenvalue weighted by Gasteiger charge is -2.01. The Morgan fingerprint density at radius 3 is 3.09 bits per heavy atom. The normalized spacial score (nSPS) is 12.5. The molecule has 1 atom stereocenters. The number of hydrogen-bond donors (Lipinski definition) is 1. The maximum absolute atomic E-state index is 10.2. The van der Waals surface area contributed by atoms with E-state index in [0.29, 0.717) is 6.42 Å². The molecule has 0 aliphatic heterocycles. The highest BCUT2D eigenvalue weighted by Crippen LogP contribution is 1.97. The summed E-state index contributed by atoms with van der Waals surface area (Å²) in [5, 5.41) is 0. The predicted molar refractivity (Wildman–Crippen MR) is 42.0 cm³/mol. The zero-order valence-corrected chi connectivity index (χ0v) is 6.10. The molecule has 3 heteroatoms. The lowest BCUT2D eigenvalue weighted by Crippen LogP contribution is -2.24. The van der Waals surface area contributed by atoms with Crippen LogP contribution in [0.5, 0.6) is 0 Å². The number of carbonyl (C=O) groups excluding carboxylic acids is 1. The maximum atomic E-state index is 10.2. The molecule has 1 aromatic heterocycles. The van der Waals surface area contributed by atoms with Gasteiger partial charge in [-0.3, -0.25) is 4.98 Å². The molecule has 0 fully saturated rings. The van der Waals surface area contributed by atoms with E-state index in [1.165, 1.54) is 0 Å². The van der Waals surface area contributed by atoms with Gasteiger partial charge in [0.05, 0.1) is 6.04 Å². The summed E-state index contributed by atoms with van der Waals surface area (Å²) >= 11 is 0. The summed E-state index contributed by atoms with van der Waals surface area (Å²) in [6, 6.07) is 3.32. The van der Waals surface area contributed by atoms with Crippen LogP contribution in [0, 0.1) is 0 Å². The predicted octanol–water partition coefficient (Wildman–Crippen LogP) is 0.150. The number of hydrogen-bond acceptors (Lipinski definition) is 3. The fourth-order valence-corrected chi connectivity index (χ4v) is 0.839. The van der Waals surface area contributed by atoms with Gasteiger partial charge in [0.1, 0.15) is 6.29 Å². The highest BCUT2D eigenvalue weighted by Gasteiger charge is 2.00. The minimum Gasteiger partial charge on any atom is -0.321 e. The van der Waals surface area contributed by atoms with Gasteiger partial charge in [0.25, 0.3) is 0 Å². The van der Waals surface area contributed by atoms with Crippen molar-refractivity contribution in [3.05, 3.63) is 30.1 Å². The molecule has 0 amide bonds. The molecule has 0 aromatic carbocycles. The first-order valence-corrected chi connectivity index (χ1v) is 3.42. The van der Waals surface area contributed by atoms with Crippen LogP contribution in [0.2, 0.25) is 0 Å². The Labute approximate surface area is 65.2 Å². The van der Waals surface area contributed by atoms with Crippen molar-refractivity contribution < 1.29 is 4.79 Å². The van der Waals surface area contributed by atoms with E-state index in [-0.39, 0.29) is 0 Å². The van der Waals surface area contributed by atoms with Crippen LogP contribution >= 0.6 is 0 Å². The molecule has 1 rings (SSSR count). The maximum Gasteiger partial charge on any atom is 0.137 e. The van der Waals surface area contributed by atoms with Crippen molar-refractivity contribution in [3.8, 4) is 0 Å². The van der Waals surface area contributed by atoms with Crippen LogP contribution in [0.1, 0.15) is 5.56 Å². The summed E-state index contributed by atoms with van der Waals surface area (Å²) in [7, 11) is 0. The van der Waals surface area contributed by atoms with E-state index >= 15 is 0 Å². The van der Waals surface area contributed by atoms with Gasteiger partial charge in [-0.2, -0.15) is 0 Å². The summed E-state index contributed by atoms with van der Waals surface area (Å²) in [6.07, 6.45) is 4.71. The molecule has 1 aromatic rings. The zero-order chi connectivity index (χ0) is 8.10. The van der Waals surface area contributed by atoms with E-state index in [1.807, 2.05) is 12.1 Å². The molecule has 2 N–H and O–H groups in total. The van der Waals surface area contributed by atoms with Gasteiger partial charge in [-0.25, -0.2) is 0 Å². The quantitative estimate of drug-likeness (QED) is 0.624. The highest BCUT2D eigenvalue weighted by atomic mass is 16.1. The van der Waals surface area contributed by atoms with Crippen LogP contribution in [0.15, 0.2) is 24.5 Å². The summed E-state index contributed by atoms with van der Waals surface area (Å²) < 4.78 is 0. The number of aromatic nitrogens is 1. The molecule has 0 radical (unpaired) electrons. The van der Waals surface area contributed by atoms with Crippen molar-refractivity contribution in [2.24, 2.45) is 5.73 Å². The molecule has 0 aliphatic rings. The minimum atomic E-state index is -0.404. The molecular weight excluding hydrogens is 140 g/mol. The number of rotatable bonds is 3. The number of nitrogens with two attached hydrogens (primary N) is 1. The van der Waals surface area contributed by atoms with Gasteiger partial charge in [-0.05, 0) is 18.1 Å². The second-order valence-electron chi connectivity index (χ2n) is 2.37. The molecule has 0 saturated carbocycles. The third-order valence-electron chi connectivity index (χ3n) is 1.37. The smallest absolute Gasteiger partial charge is 0.137 e. The first-order valence-electron chi connectivity index (χ1n) is 3.42. The molecule has 0 unspecified atom stereocenters. The molecule has 0 saturated heterocycles. The monoisotopic (exact) mass is 150 g/mol. The van der Waals surface area contributed by atoms with Gasteiger partial charge in [0.2, 0.25) is 0 Å². The van der Waals surface area contributed by atoms with Gasteiger partial charge in [0.15, 0.2) is 0 Å². The summed E-state index contributed by atoms with van der Waals surface area (Å²) in [4.78, 5) is 14.1. The van der Waals surface area contributed by atoms with E-state index in [1.54, 1.807) is 12.4 Å². The van der Waals surface area contributed by atoms with Crippen LogP contribution in [-0.4, -0.2) is 17.3 Å². The minimum absolute atomic E-state index is 0.404. The van der Waals surface area contributed by atoms with Crippen LogP contribution in [-0.2, 0) is 11.2 Å². The van der Waals surface area contributed by atoms with E-state index in [2.05, 4.69) is 4.98 Å². The lowest BCUT2D eigenvalue weighted by atomic mass is 10.1. The number of carbonyl (C=O) groups is 1. The summed E-state index contributed by atoms with van der Waals surface area (Å²) in [5.41, 5.74) is 6.40. The Morgan fingerprint density at radius 2 is 2.55 bits per heavy atom. The SMILES string of the molecule is N[C@H](C=O)Cc1cccnc1. The molecule has 3 nitrogen and oxygen atoms in total. The third-order valence-corrected chi connectivity index (χ3v) is 1.37. The first kappa shape index (κ1) is 7.88. The van der Waals surface area contributed by atoms with Crippen molar-refractivity contribution in [1.29, 1.82) is 0 Å². The van der Waals surface area contributed by atoms with E-state index < -0.39 is 6.04 Å². The lowest BCUT2D eigenvalue weighted by molar-refractivity contribution is -0.108. The number of aldehydes is 1. The second-order valence-corrected chi connectivity index (χ2v) is 2.37. The molecular formula is C8H10N2O. The van der Waals surface area contributed by atoms with E-state index in [9.17, 15) is 4.79 Å². The second kappa shape index (κ2) is 3.83. The molecule has 1 heterocycles. The Kier molecular flexibility index (Phi) is 2.74. The van der Waals surface area contributed by atoms with E-state index in [0.717, 1.165) is 11.8 Å². The Balaban J connectivity index is 2.57. The Morgan fingerprint density at radius 1 is 1.73 bits per heavy atom. The largest absolute Gasteiger partial charge is 0.321 e. The average Bonchev–Trinajstić information content (AvgIpc) is 2.06. The van der Waals surface area contributed by atoms with Gasteiger partial charge >= 0.3 is 0 Å². The van der Waals surface area contributed by atoms with Crippen molar-refractivity contribution in [1.82, 2.24) is 4.98 Å². The molecule has 58 valence electrons. The summed E-state index contributed by atoms with van der Waals surface area (Å²) in [6.45, 7) is 0. The number of pyridine rings is 1. The molecule has 0 spiro atoms. The van der Waals surface area contributed by atoms with Crippen molar-refractivity contribution in [3.63, 3.8) is 0 Å². The van der Waals surface area contributed by atoms with Crippen LogP contribution in [0.4, 0.5) is 0 Å². The first-order chi connectivity index (χ1) is 5.33. The molecule has 11 heavy (non-hydrogen) atoms. The number of nitrogens with zero attached hydrogens (tertiary/aromatic N) is 1. The fourth-order valence-electron chi connectivity index (χ4n) is 0.839.